The first-order valence-corrected chi connectivity index (χ1v) is 23.7. The number of anilines is 2. The largest absolute Gasteiger partial charge is 0.497 e. The van der Waals surface area contributed by atoms with Gasteiger partial charge in [0, 0.05) is 26.6 Å². The molecule has 0 saturated carbocycles. The predicted molar refractivity (Wildman–Crippen MR) is 246 cm³/mol. The lowest BCUT2D eigenvalue weighted by molar-refractivity contribution is -0.0932. The molecule has 0 amide bonds. The first-order valence-electron chi connectivity index (χ1n) is 22.2. The topological polar surface area (TPSA) is 254 Å². The average Bonchev–Trinajstić information content (AvgIpc) is 4.24. The van der Waals surface area contributed by atoms with Gasteiger partial charge in [0.2, 0.25) is 0 Å². The Morgan fingerprint density at radius 1 is 0.721 bits per heavy atom. The first kappa shape index (κ1) is 45.6. The van der Waals surface area contributed by atoms with Crippen molar-refractivity contribution in [1.29, 1.82) is 0 Å². The van der Waals surface area contributed by atoms with Gasteiger partial charge >= 0.3 is 7.75 Å². The Labute approximate surface area is 390 Å². The van der Waals surface area contributed by atoms with Gasteiger partial charge in [-0.3, -0.25) is 18.2 Å². The molecule has 5 N–H and O–H groups in total. The fraction of sp³-hybridized carbons (Fsp3) is 0.391. The second kappa shape index (κ2) is 19.1. The third-order valence-electron chi connectivity index (χ3n) is 12.9. The van der Waals surface area contributed by atoms with E-state index in [-0.39, 0.29) is 31.3 Å². The van der Waals surface area contributed by atoms with Crippen LogP contribution >= 0.6 is 7.75 Å². The van der Waals surface area contributed by atoms with Crippen LogP contribution in [0.5, 0.6) is 11.5 Å². The number of hydrogen-bond acceptors (Lipinski definition) is 18. The summed E-state index contributed by atoms with van der Waals surface area (Å²) in [6, 6.07) is 25.3. The van der Waals surface area contributed by atoms with Crippen molar-refractivity contribution >= 4 is 41.7 Å². The molecule has 7 aromatic rings. The zero-order valence-electron chi connectivity index (χ0n) is 37.6. The molecule has 21 nitrogen and oxygen atoms in total. The summed E-state index contributed by atoms with van der Waals surface area (Å²) in [5.41, 5.74) is 15.1. The number of aliphatic hydroxyl groups excluding tert-OH is 1. The van der Waals surface area contributed by atoms with Gasteiger partial charge in [0.1, 0.15) is 77.5 Å². The highest BCUT2D eigenvalue weighted by Gasteiger charge is 2.50. The molecule has 3 aromatic carbocycles. The maximum atomic E-state index is 15.6. The van der Waals surface area contributed by atoms with Crippen LogP contribution in [0.25, 0.3) is 22.3 Å². The summed E-state index contributed by atoms with van der Waals surface area (Å²) in [6.07, 6.45) is 1.06. The number of nitrogen functional groups attached to an aromatic ring is 2. The van der Waals surface area contributed by atoms with Crippen molar-refractivity contribution in [2.75, 3.05) is 59.1 Å². The van der Waals surface area contributed by atoms with E-state index in [9.17, 15) is 5.11 Å². The van der Waals surface area contributed by atoms with Gasteiger partial charge < -0.3 is 45.0 Å². The summed E-state index contributed by atoms with van der Waals surface area (Å²) >= 11 is 0. The number of hydrogen-bond donors (Lipinski definition) is 3. The molecule has 7 heterocycles. The molecule has 0 aliphatic carbocycles. The Bertz CT molecular complexity index is 2840. The highest BCUT2D eigenvalue weighted by atomic mass is 31.2. The van der Waals surface area contributed by atoms with Crippen LogP contribution in [0.4, 0.5) is 11.6 Å². The minimum absolute atomic E-state index is 0.0630. The Balaban J connectivity index is 0.992. The van der Waals surface area contributed by atoms with Crippen molar-refractivity contribution in [3.05, 3.63) is 121 Å². The van der Waals surface area contributed by atoms with Crippen molar-refractivity contribution in [2.45, 2.75) is 67.8 Å². The molecule has 10 rings (SSSR count). The minimum Gasteiger partial charge on any atom is -0.497 e. The van der Waals surface area contributed by atoms with E-state index in [1.165, 1.54) is 26.1 Å². The predicted octanol–water partition coefficient (Wildman–Crippen LogP) is 5.02. The number of benzene rings is 3. The SMILES string of the molecule is COc1ccc(C(OC[C@H]2O[C@@H](n3cnc4c(N)ncnc43)C[C@@H]2OP(=O)(OC[C@H]2O[C@@H](n3cnc4c(N)ncnc43)[C@H](OC)[C@@H]2O)N2CCCC2)(c2ccccc2)c2ccc(OC)cc2)cc1. The molecular weight excluding hydrogens is 898 g/mol. The molecule has 1 unspecified atom stereocenters. The normalized spacial score (nSPS) is 24.2. The van der Waals surface area contributed by atoms with E-state index in [4.69, 9.17) is 48.9 Å². The summed E-state index contributed by atoms with van der Waals surface area (Å²) in [4.78, 5) is 25.9. The lowest BCUT2D eigenvalue weighted by atomic mass is 9.80. The summed E-state index contributed by atoms with van der Waals surface area (Å²) in [6.45, 7) is 0.515. The van der Waals surface area contributed by atoms with Crippen LogP contribution in [0.1, 0.15) is 48.4 Å². The lowest BCUT2D eigenvalue weighted by Crippen LogP contribution is -2.39. The van der Waals surface area contributed by atoms with E-state index < -0.39 is 56.3 Å². The quantitative estimate of drug-likeness (QED) is 0.0800. The summed E-state index contributed by atoms with van der Waals surface area (Å²) in [5, 5.41) is 11.6. The van der Waals surface area contributed by atoms with Crippen molar-refractivity contribution in [2.24, 2.45) is 0 Å². The van der Waals surface area contributed by atoms with Crippen LogP contribution in [0.15, 0.2) is 104 Å². The van der Waals surface area contributed by atoms with Crippen LogP contribution in [0.3, 0.4) is 0 Å². The molecular formula is C46H52N11O10P. The van der Waals surface area contributed by atoms with E-state index in [2.05, 4.69) is 29.9 Å². The van der Waals surface area contributed by atoms with Crippen molar-refractivity contribution < 1.29 is 47.1 Å². The smallest absolute Gasteiger partial charge is 0.408 e. The lowest BCUT2D eigenvalue weighted by Gasteiger charge is -2.37. The van der Waals surface area contributed by atoms with Gasteiger partial charge in [0.05, 0.1) is 40.1 Å². The molecule has 3 saturated heterocycles. The molecule has 3 fully saturated rings. The average molecular weight is 950 g/mol. The number of ether oxygens (including phenoxy) is 6. The number of nitrogens with zero attached hydrogens (tertiary/aromatic N) is 9. The number of aliphatic hydroxyl groups is 1. The number of methoxy groups -OCH3 is 3. The van der Waals surface area contributed by atoms with Crippen LogP contribution in [-0.4, -0.2) is 127 Å². The Kier molecular flexibility index (Phi) is 12.8. The molecule has 3 aliphatic heterocycles. The number of nitrogens with two attached hydrogens (primary N) is 2. The van der Waals surface area contributed by atoms with E-state index in [0.717, 1.165) is 29.5 Å². The zero-order valence-corrected chi connectivity index (χ0v) is 38.4. The third-order valence-corrected chi connectivity index (χ3v) is 15.0. The summed E-state index contributed by atoms with van der Waals surface area (Å²) < 4.78 is 71.4. The molecule has 356 valence electrons. The molecule has 8 atom stereocenters. The van der Waals surface area contributed by atoms with Crippen molar-refractivity contribution in [3.8, 4) is 11.5 Å². The fourth-order valence-corrected chi connectivity index (χ4v) is 11.4. The van der Waals surface area contributed by atoms with Gasteiger partial charge in [-0.1, -0.05) is 54.6 Å². The van der Waals surface area contributed by atoms with Gasteiger partial charge in [0.15, 0.2) is 29.2 Å². The minimum atomic E-state index is -4.19. The number of fused-ring (bicyclic) bond motifs is 2. The molecule has 4 aromatic heterocycles. The van der Waals surface area contributed by atoms with E-state index in [0.29, 0.717) is 46.9 Å². The maximum Gasteiger partial charge on any atom is 0.408 e. The van der Waals surface area contributed by atoms with Gasteiger partial charge in [-0.05, 0) is 53.8 Å². The Hall–Kier alpha value is -6.13. The van der Waals surface area contributed by atoms with Gasteiger partial charge in [-0.2, -0.15) is 0 Å². The second-order valence-corrected chi connectivity index (χ2v) is 18.6. The summed E-state index contributed by atoms with van der Waals surface area (Å²) in [7, 11) is 0.511. The molecule has 0 spiro atoms. The van der Waals surface area contributed by atoms with E-state index in [1.54, 1.807) is 34.4 Å². The number of aromatic nitrogens is 8. The summed E-state index contributed by atoms with van der Waals surface area (Å²) in [5.74, 6) is 1.76. The highest BCUT2D eigenvalue weighted by Crippen LogP contribution is 2.57. The van der Waals surface area contributed by atoms with E-state index >= 15 is 4.57 Å². The van der Waals surface area contributed by atoms with Gasteiger partial charge in [-0.25, -0.2) is 39.1 Å². The van der Waals surface area contributed by atoms with Crippen LogP contribution < -0.4 is 20.9 Å². The van der Waals surface area contributed by atoms with Crippen molar-refractivity contribution in [3.63, 3.8) is 0 Å². The standard InChI is InChI=1S/C46H52N11O10P/c1-60-31-15-11-29(12-16-31)46(28-9-5-4-6-10-28,30-13-17-32(61-2)18-14-30)63-22-34-33(21-36(65-34)56-26-53-37-41(47)49-24-51-43(37)56)67-68(59,55-19-7-8-20-55)64-23-35-39(58)40(62-3)45(66-35)57-27-54-38-42(48)50-25-52-44(38)57/h4-6,9-18,24-27,33-36,39-40,45,58H,7-8,19-23H2,1-3H3,(H2,47,49,51)(H2,48,50,52)/t33-,34+,35+,36+,39+,40+,45+,68?/m0/s1. The number of rotatable bonds is 17. The highest BCUT2D eigenvalue weighted by molar-refractivity contribution is 7.51. The zero-order chi connectivity index (χ0) is 47.0. The molecule has 3 aliphatic rings. The first-order chi connectivity index (χ1) is 33.1. The van der Waals surface area contributed by atoms with Crippen LogP contribution in [0, 0.1) is 0 Å². The second-order valence-electron chi connectivity index (χ2n) is 16.7. The third kappa shape index (κ3) is 8.33. The molecule has 0 bridgehead atoms. The fourth-order valence-electron chi connectivity index (χ4n) is 9.35. The van der Waals surface area contributed by atoms with Crippen molar-refractivity contribution in [1.82, 2.24) is 43.7 Å². The molecule has 68 heavy (non-hydrogen) atoms. The molecule has 22 heteroatoms. The maximum absolute atomic E-state index is 15.6. The van der Waals surface area contributed by atoms with E-state index in [1.807, 2.05) is 78.9 Å². The van der Waals surface area contributed by atoms with Gasteiger partial charge in [0.25, 0.3) is 0 Å². The number of imidazole rings is 2. The van der Waals surface area contributed by atoms with Gasteiger partial charge in [-0.15, -0.1) is 0 Å². The monoisotopic (exact) mass is 949 g/mol. The Morgan fingerprint density at radius 2 is 1.29 bits per heavy atom. The molecule has 0 radical (unpaired) electrons. The van der Waals surface area contributed by atoms with Crippen LogP contribution in [0.2, 0.25) is 0 Å². The Morgan fingerprint density at radius 3 is 1.88 bits per heavy atom. The van der Waals surface area contributed by atoms with Crippen LogP contribution in [-0.2, 0) is 38.2 Å².